The maximum absolute atomic E-state index is 12.7. The maximum Gasteiger partial charge on any atom is 0.280 e. The van der Waals surface area contributed by atoms with Crippen molar-refractivity contribution < 1.29 is 4.52 Å². The van der Waals surface area contributed by atoms with Gasteiger partial charge in [0.2, 0.25) is 5.89 Å². The van der Waals surface area contributed by atoms with Gasteiger partial charge in [0.05, 0.1) is 6.33 Å². The van der Waals surface area contributed by atoms with Crippen molar-refractivity contribution in [2.24, 2.45) is 18.9 Å². The first kappa shape index (κ1) is 17.6. The van der Waals surface area contributed by atoms with Crippen molar-refractivity contribution in [1.82, 2.24) is 29.2 Å². The highest BCUT2D eigenvalue weighted by molar-refractivity contribution is 6.30. The fourth-order valence-corrected chi connectivity index (χ4v) is 4.78. The molecule has 1 aliphatic heterocycles. The zero-order valence-electron chi connectivity index (χ0n) is 16.1. The number of fused-ring (bicyclic) bond motifs is 2. The minimum atomic E-state index is -0.180. The minimum Gasteiger partial charge on any atom is -0.371 e. The Bertz CT molecular complexity index is 1310. The molecule has 0 unspecified atom stereocenters. The molecule has 1 saturated carbocycles. The summed E-state index contributed by atoms with van der Waals surface area (Å²) in [6, 6.07) is 7.95. The fraction of sp³-hybridized carbons (Fsp3) is 0.350. The minimum absolute atomic E-state index is 0.180. The van der Waals surface area contributed by atoms with Crippen molar-refractivity contribution in [3.05, 3.63) is 64.0 Å². The molecule has 1 aliphatic carbocycles. The van der Waals surface area contributed by atoms with Crippen LogP contribution in [0.1, 0.15) is 17.6 Å². The van der Waals surface area contributed by atoms with Gasteiger partial charge in [-0.05, 0) is 30.0 Å². The summed E-state index contributed by atoms with van der Waals surface area (Å²) < 4.78 is 8.57. The summed E-state index contributed by atoms with van der Waals surface area (Å²) in [6.45, 7) is 2.11. The summed E-state index contributed by atoms with van der Waals surface area (Å²) in [5, 5.41) is 4.94. The second-order valence-corrected chi connectivity index (χ2v) is 8.43. The Morgan fingerprint density at radius 2 is 2.00 bits per heavy atom. The Hall–Kier alpha value is -3.20. The molecule has 152 valence electrons. The van der Waals surface area contributed by atoms with Gasteiger partial charge in [0, 0.05) is 36.8 Å². The molecule has 0 spiro atoms. The van der Waals surface area contributed by atoms with Gasteiger partial charge in [-0.3, -0.25) is 9.36 Å². The predicted octanol–water partition coefficient (Wildman–Crippen LogP) is 2.06. The van der Waals surface area contributed by atoms with E-state index in [-0.39, 0.29) is 12.1 Å². The number of anilines is 1. The summed E-state index contributed by atoms with van der Waals surface area (Å²) in [7, 11) is 1.77. The van der Waals surface area contributed by atoms with Gasteiger partial charge in [0.15, 0.2) is 17.0 Å². The number of hydrogen-bond acceptors (Lipinski definition) is 7. The highest BCUT2D eigenvalue weighted by atomic mass is 35.5. The summed E-state index contributed by atoms with van der Waals surface area (Å²) in [5.41, 5.74) is 1.86. The lowest BCUT2D eigenvalue weighted by molar-refractivity contribution is 0.363. The van der Waals surface area contributed by atoms with Crippen LogP contribution in [0.5, 0.6) is 0 Å². The third-order valence-corrected chi connectivity index (χ3v) is 6.39. The van der Waals surface area contributed by atoms with Gasteiger partial charge in [-0.25, -0.2) is 9.97 Å². The number of piperidine rings is 1. The Kier molecular flexibility index (Phi) is 3.76. The normalized spacial score (nSPS) is 22.6. The molecule has 4 aromatic rings. The van der Waals surface area contributed by atoms with Crippen LogP contribution in [0.3, 0.4) is 0 Å². The highest BCUT2D eigenvalue weighted by Gasteiger charge is 2.58. The van der Waals surface area contributed by atoms with Crippen molar-refractivity contribution in [3.8, 4) is 0 Å². The molecule has 3 atom stereocenters. The fourth-order valence-electron chi connectivity index (χ4n) is 4.59. The van der Waals surface area contributed by atoms with Crippen molar-refractivity contribution >= 4 is 28.5 Å². The number of rotatable bonds is 4. The summed E-state index contributed by atoms with van der Waals surface area (Å²) >= 11 is 6.12. The SMILES string of the molecule is Cn1cnc2ncn(Cc3nc([C@@H]4[C@@H]5CN(c6cccc(Cl)c6)C[C@@H]54)no3)c(=O)c21. The van der Waals surface area contributed by atoms with Crippen molar-refractivity contribution in [3.63, 3.8) is 0 Å². The molecule has 1 saturated heterocycles. The number of halogens is 1. The molecule has 1 aromatic carbocycles. The summed E-state index contributed by atoms with van der Waals surface area (Å²) in [5.74, 6) is 2.49. The van der Waals surface area contributed by atoms with E-state index in [0.717, 1.165) is 29.6 Å². The van der Waals surface area contributed by atoms with Crippen LogP contribution in [0.25, 0.3) is 11.2 Å². The van der Waals surface area contributed by atoms with Crippen LogP contribution in [-0.4, -0.2) is 42.3 Å². The molecular weight excluding hydrogens is 406 g/mol. The van der Waals surface area contributed by atoms with Crippen LogP contribution < -0.4 is 10.5 Å². The molecule has 9 nitrogen and oxygen atoms in total. The lowest BCUT2D eigenvalue weighted by Gasteiger charge is -2.21. The second kappa shape index (κ2) is 6.40. The number of aromatic nitrogens is 6. The molecule has 30 heavy (non-hydrogen) atoms. The van der Waals surface area contributed by atoms with Gasteiger partial charge in [0.25, 0.3) is 5.56 Å². The zero-order chi connectivity index (χ0) is 20.4. The summed E-state index contributed by atoms with van der Waals surface area (Å²) in [6.07, 6.45) is 3.04. The first-order valence-corrected chi connectivity index (χ1v) is 10.2. The van der Waals surface area contributed by atoms with Crippen molar-refractivity contribution in [1.29, 1.82) is 0 Å². The van der Waals surface area contributed by atoms with Crippen LogP contribution >= 0.6 is 11.6 Å². The third kappa shape index (κ3) is 2.72. The molecule has 0 N–H and O–H groups in total. The molecule has 0 bridgehead atoms. The average Bonchev–Trinajstić information content (AvgIpc) is 3.16. The Labute approximate surface area is 175 Å². The number of imidazole rings is 1. The second-order valence-electron chi connectivity index (χ2n) is 7.99. The molecule has 2 aliphatic rings. The predicted molar refractivity (Wildman–Crippen MR) is 110 cm³/mol. The van der Waals surface area contributed by atoms with E-state index in [0.29, 0.717) is 34.8 Å². The van der Waals surface area contributed by atoms with Crippen LogP contribution in [0.2, 0.25) is 5.02 Å². The Morgan fingerprint density at radius 1 is 1.20 bits per heavy atom. The van der Waals surface area contributed by atoms with Crippen LogP contribution in [0.4, 0.5) is 5.69 Å². The maximum atomic E-state index is 12.7. The number of aryl methyl sites for hydroxylation is 1. The number of benzene rings is 1. The van der Waals surface area contributed by atoms with Gasteiger partial charge in [-0.2, -0.15) is 4.98 Å². The van der Waals surface area contributed by atoms with Gasteiger partial charge in [0.1, 0.15) is 12.9 Å². The van der Waals surface area contributed by atoms with E-state index in [1.165, 1.54) is 10.9 Å². The van der Waals surface area contributed by atoms with Crippen LogP contribution in [-0.2, 0) is 13.6 Å². The standard InChI is InChI=1S/C20H18ClN7O2/c1-26-9-22-19-17(26)20(29)28(10-23-19)8-15-24-18(25-30-15)16-13-6-27(7-14(13)16)12-4-2-3-11(21)5-12/h2-5,9-10,13-14,16H,6-8H2,1H3/t13-,14+,16-. The number of nitrogens with zero attached hydrogens (tertiary/aromatic N) is 7. The van der Waals surface area contributed by atoms with E-state index < -0.39 is 0 Å². The van der Waals surface area contributed by atoms with Gasteiger partial charge in [-0.15, -0.1) is 0 Å². The Morgan fingerprint density at radius 3 is 2.80 bits per heavy atom. The average molecular weight is 424 g/mol. The smallest absolute Gasteiger partial charge is 0.280 e. The van der Waals surface area contributed by atoms with Crippen molar-refractivity contribution in [2.75, 3.05) is 18.0 Å². The van der Waals surface area contributed by atoms with Gasteiger partial charge in [-0.1, -0.05) is 22.8 Å². The topological polar surface area (TPSA) is 94.9 Å². The molecule has 3 aromatic heterocycles. The first-order valence-electron chi connectivity index (χ1n) is 9.78. The molecular formula is C20H18ClN7O2. The Balaban J connectivity index is 1.17. The largest absolute Gasteiger partial charge is 0.371 e. The quantitative estimate of drug-likeness (QED) is 0.495. The monoisotopic (exact) mass is 423 g/mol. The van der Waals surface area contributed by atoms with E-state index in [4.69, 9.17) is 16.1 Å². The summed E-state index contributed by atoms with van der Waals surface area (Å²) in [4.78, 5) is 27.9. The molecule has 0 amide bonds. The van der Waals surface area contributed by atoms with Crippen LogP contribution in [0.15, 0.2) is 46.2 Å². The molecule has 0 radical (unpaired) electrons. The zero-order valence-corrected chi connectivity index (χ0v) is 16.9. The van der Waals surface area contributed by atoms with E-state index >= 15 is 0 Å². The highest BCUT2D eigenvalue weighted by Crippen LogP contribution is 2.57. The first-order chi connectivity index (χ1) is 14.6. The lowest BCUT2D eigenvalue weighted by Crippen LogP contribution is -2.23. The van der Waals surface area contributed by atoms with E-state index in [2.05, 4.69) is 31.1 Å². The number of hydrogen-bond donors (Lipinski definition) is 0. The van der Waals surface area contributed by atoms with Crippen molar-refractivity contribution in [2.45, 2.75) is 12.5 Å². The lowest BCUT2D eigenvalue weighted by atomic mass is 10.2. The van der Waals surface area contributed by atoms with E-state index in [1.54, 1.807) is 17.9 Å². The molecule has 10 heteroatoms. The third-order valence-electron chi connectivity index (χ3n) is 6.16. The molecule has 6 rings (SSSR count). The van der Waals surface area contributed by atoms with Gasteiger partial charge < -0.3 is 14.0 Å². The van der Waals surface area contributed by atoms with Gasteiger partial charge >= 0.3 is 0 Å². The van der Waals surface area contributed by atoms with E-state index in [9.17, 15) is 4.79 Å². The van der Waals surface area contributed by atoms with E-state index in [1.807, 2.05) is 18.2 Å². The van der Waals surface area contributed by atoms with Crippen LogP contribution in [0, 0.1) is 11.8 Å². The molecule has 4 heterocycles. The molecule has 2 fully saturated rings.